The van der Waals surface area contributed by atoms with Crippen LogP contribution in [0.2, 0.25) is 0 Å². The molecular weight excluding hydrogens is 266 g/mol. The van der Waals surface area contributed by atoms with Crippen LogP contribution in [0.4, 0.5) is 5.95 Å². The van der Waals surface area contributed by atoms with Crippen molar-refractivity contribution in [1.29, 1.82) is 0 Å². The number of hydrogen-bond donors (Lipinski definition) is 1. The van der Waals surface area contributed by atoms with Crippen LogP contribution in [0, 0.1) is 6.92 Å². The molecule has 0 radical (unpaired) electrons. The molecule has 1 aromatic heterocycles. The third-order valence-electron chi connectivity index (χ3n) is 2.54. The lowest BCUT2D eigenvalue weighted by Gasteiger charge is -2.09. The van der Waals surface area contributed by atoms with Crippen LogP contribution in [0.3, 0.4) is 0 Å². The fourth-order valence-corrected chi connectivity index (χ4v) is 2.16. The smallest absolute Gasteiger partial charge is 0.203 e. The molecule has 19 heavy (non-hydrogen) atoms. The van der Waals surface area contributed by atoms with Crippen molar-refractivity contribution < 1.29 is 13.2 Å². The second-order valence-corrected chi connectivity index (χ2v) is 6.77. The van der Waals surface area contributed by atoms with Crippen molar-refractivity contribution in [2.24, 2.45) is 0 Å². The van der Waals surface area contributed by atoms with Crippen molar-refractivity contribution in [3.8, 4) is 0 Å². The minimum Gasteiger partial charge on any atom is -0.382 e. The predicted octanol–water partition coefficient (Wildman–Crippen LogP) is 1.07. The largest absolute Gasteiger partial charge is 0.382 e. The summed E-state index contributed by atoms with van der Waals surface area (Å²) in [6.45, 7) is 6.52. The van der Waals surface area contributed by atoms with E-state index in [1.54, 1.807) is 0 Å². The van der Waals surface area contributed by atoms with E-state index in [-0.39, 0.29) is 5.75 Å². The molecule has 1 heterocycles. The number of nitrogens with one attached hydrogen (secondary N) is 1. The van der Waals surface area contributed by atoms with Crippen molar-refractivity contribution in [2.75, 3.05) is 37.1 Å². The summed E-state index contributed by atoms with van der Waals surface area (Å²) in [6, 6.07) is 0. The molecule has 0 spiro atoms. The summed E-state index contributed by atoms with van der Waals surface area (Å²) < 4.78 is 29.4. The van der Waals surface area contributed by atoms with Gasteiger partial charge in [0, 0.05) is 38.8 Å². The van der Waals surface area contributed by atoms with Gasteiger partial charge in [0.25, 0.3) is 0 Å². The Balaban J connectivity index is 2.48. The van der Waals surface area contributed by atoms with Gasteiger partial charge in [0.2, 0.25) is 5.95 Å². The maximum atomic E-state index is 11.1. The Morgan fingerprint density at radius 2 is 2.21 bits per heavy atom. The number of ether oxygens (including phenoxy) is 1. The summed E-state index contributed by atoms with van der Waals surface area (Å²) in [5.74, 6) is 0.829. The second kappa shape index (κ2) is 7.49. The minimum absolute atomic E-state index is 0.109. The van der Waals surface area contributed by atoms with Crippen molar-refractivity contribution in [2.45, 2.75) is 26.8 Å². The number of imidazole rings is 1. The van der Waals surface area contributed by atoms with E-state index in [0.717, 1.165) is 37.8 Å². The Bertz CT molecular complexity index is 482. The molecule has 0 saturated carbocycles. The molecule has 0 atom stereocenters. The molecule has 7 heteroatoms. The van der Waals surface area contributed by atoms with E-state index in [4.69, 9.17) is 4.74 Å². The highest BCUT2D eigenvalue weighted by atomic mass is 32.2. The van der Waals surface area contributed by atoms with Crippen molar-refractivity contribution >= 4 is 15.8 Å². The van der Waals surface area contributed by atoms with Gasteiger partial charge in [-0.25, -0.2) is 13.4 Å². The van der Waals surface area contributed by atoms with Crippen LogP contribution in [0.1, 0.15) is 19.0 Å². The topological polar surface area (TPSA) is 73.2 Å². The number of aryl methyl sites for hydroxylation is 2. The number of hydrogen-bond acceptors (Lipinski definition) is 5. The van der Waals surface area contributed by atoms with Crippen molar-refractivity contribution in [3.63, 3.8) is 0 Å². The SMILES string of the molecule is CCOCCCn1cc(C)nc1NCCS(C)(=O)=O. The molecule has 0 unspecified atom stereocenters. The molecule has 0 aromatic carbocycles. The summed E-state index contributed by atoms with van der Waals surface area (Å²) in [5.41, 5.74) is 0.915. The van der Waals surface area contributed by atoms with Crippen LogP contribution in [0.15, 0.2) is 6.20 Å². The van der Waals surface area contributed by atoms with Gasteiger partial charge in [-0.1, -0.05) is 0 Å². The summed E-state index contributed by atoms with van der Waals surface area (Å²) in [5, 5.41) is 3.06. The van der Waals surface area contributed by atoms with Gasteiger partial charge in [0.05, 0.1) is 11.4 Å². The van der Waals surface area contributed by atoms with E-state index in [0.29, 0.717) is 6.54 Å². The molecule has 0 amide bonds. The Morgan fingerprint density at radius 1 is 1.47 bits per heavy atom. The molecule has 110 valence electrons. The first-order valence-electron chi connectivity index (χ1n) is 6.45. The van der Waals surface area contributed by atoms with Crippen LogP contribution in [0.5, 0.6) is 0 Å². The van der Waals surface area contributed by atoms with E-state index >= 15 is 0 Å². The average Bonchev–Trinajstić information content (AvgIpc) is 2.64. The number of aromatic nitrogens is 2. The lowest BCUT2D eigenvalue weighted by atomic mass is 10.4. The van der Waals surface area contributed by atoms with Crippen LogP contribution in [0.25, 0.3) is 0 Å². The van der Waals surface area contributed by atoms with E-state index in [1.807, 2.05) is 24.6 Å². The summed E-state index contributed by atoms with van der Waals surface area (Å²) in [6.07, 6.45) is 4.09. The van der Waals surface area contributed by atoms with Gasteiger partial charge in [-0.2, -0.15) is 0 Å². The maximum absolute atomic E-state index is 11.1. The fraction of sp³-hybridized carbons (Fsp3) is 0.750. The Hall–Kier alpha value is -1.08. The third kappa shape index (κ3) is 6.58. The molecule has 1 rings (SSSR count). The Kier molecular flexibility index (Phi) is 6.30. The van der Waals surface area contributed by atoms with E-state index in [2.05, 4.69) is 10.3 Å². The molecule has 0 bridgehead atoms. The number of nitrogens with zero attached hydrogens (tertiary/aromatic N) is 2. The maximum Gasteiger partial charge on any atom is 0.203 e. The highest BCUT2D eigenvalue weighted by molar-refractivity contribution is 7.90. The zero-order valence-corrected chi connectivity index (χ0v) is 12.7. The number of anilines is 1. The standard InChI is InChI=1S/C12H23N3O3S/c1-4-18-8-5-7-15-10-11(2)14-12(15)13-6-9-19(3,16)17/h10H,4-9H2,1-3H3,(H,13,14). The van der Waals surface area contributed by atoms with E-state index in [1.165, 1.54) is 6.26 Å². The molecule has 6 nitrogen and oxygen atoms in total. The van der Waals surface area contributed by atoms with Gasteiger partial charge in [-0.05, 0) is 20.3 Å². The molecular formula is C12H23N3O3S. The van der Waals surface area contributed by atoms with Crippen LogP contribution < -0.4 is 5.32 Å². The molecule has 1 aromatic rings. The summed E-state index contributed by atoms with van der Waals surface area (Å²) in [4.78, 5) is 4.35. The second-order valence-electron chi connectivity index (χ2n) is 4.51. The van der Waals surface area contributed by atoms with E-state index < -0.39 is 9.84 Å². The van der Waals surface area contributed by atoms with Crippen molar-refractivity contribution in [1.82, 2.24) is 9.55 Å². The molecule has 1 N–H and O–H groups in total. The highest BCUT2D eigenvalue weighted by Gasteiger charge is 2.07. The minimum atomic E-state index is -2.94. The first-order chi connectivity index (χ1) is 8.92. The molecule has 0 fully saturated rings. The zero-order chi connectivity index (χ0) is 14.3. The molecule has 0 saturated heterocycles. The molecule has 0 aliphatic heterocycles. The fourth-order valence-electron chi connectivity index (χ4n) is 1.69. The molecule has 0 aliphatic carbocycles. The van der Waals surface area contributed by atoms with E-state index in [9.17, 15) is 8.42 Å². The number of sulfone groups is 1. The third-order valence-corrected chi connectivity index (χ3v) is 3.49. The van der Waals surface area contributed by atoms with Crippen molar-refractivity contribution in [3.05, 3.63) is 11.9 Å². The quantitative estimate of drug-likeness (QED) is 0.689. The van der Waals surface area contributed by atoms with Gasteiger partial charge in [0.15, 0.2) is 0 Å². The van der Waals surface area contributed by atoms with Crippen LogP contribution >= 0.6 is 0 Å². The molecule has 0 aliphatic rings. The lowest BCUT2D eigenvalue weighted by molar-refractivity contribution is 0.142. The van der Waals surface area contributed by atoms with Gasteiger partial charge >= 0.3 is 0 Å². The Labute approximate surface area is 115 Å². The van der Waals surface area contributed by atoms with Crippen LogP contribution in [-0.4, -0.2) is 49.7 Å². The van der Waals surface area contributed by atoms with Gasteiger partial charge in [-0.15, -0.1) is 0 Å². The highest BCUT2D eigenvalue weighted by Crippen LogP contribution is 2.09. The normalized spacial score (nSPS) is 11.7. The average molecular weight is 289 g/mol. The number of rotatable bonds is 9. The predicted molar refractivity (Wildman–Crippen MR) is 76.3 cm³/mol. The van der Waals surface area contributed by atoms with Gasteiger partial charge in [0.1, 0.15) is 9.84 Å². The lowest BCUT2D eigenvalue weighted by Crippen LogP contribution is -2.17. The van der Waals surface area contributed by atoms with Gasteiger partial charge < -0.3 is 14.6 Å². The first kappa shape index (κ1) is 16.0. The zero-order valence-electron chi connectivity index (χ0n) is 11.8. The first-order valence-corrected chi connectivity index (χ1v) is 8.51. The summed E-state index contributed by atoms with van der Waals surface area (Å²) in [7, 11) is -2.94. The Morgan fingerprint density at radius 3 is 2.84 bits per heavy atom. The van der Waals surface area contributed by atoms with Crippen LogP contribution in [-0.2, 0) is 21.1 Å². The van der Waals surface area contributed by atoms with Gasteiger partial charge in [-0.3, -0.25) is 0 Å². The summed E-state index contributed by atoms with van der Waals surface area (Å²) >= 11 is 0. The monoisotopic (exact) mass is 289 g/mol.